The molecule has 2 N–H and O–H groups in total. The van der Waals surface area contributed by atoms with E-state index in [1.807, 2.05) is 13.0 Å². The van der Waals surface area contributed by atoms with E-state index in [-0.39, 0.29) is 0 Å². The summed E-state index contributed by atoms with van der Waals surface area (Å²) < 4.78 is 0. The minimum absolute atomic E-state index is 0.642. The van der Waals surface area contributed by atoms with Crippen molar-refractivity contribution >= 4 is 23.1 Å². The topological polar surface area (TPSA) is 53.1 Å². The first-order valence-electron chi connectivity index (χ1n) is 8.96. The van der Waals surface area contributed by atoms with Crippen LogP contribution in [0.1, 0.15) is 38.3 Å². The van der Waals surface area contributed by atoms with E-state index in [1.54, 1.807) is 0 Å². The Morgan fingerprint density at radius 2 is 1.83 bits per heavy atom. The largest absolute Gasteiger partial charge is 0.372 e. The van der Waals surface area contributed by atoms with Gasteiger partial charge in [-0.1, -0.05) is 13.3 Å². The van der Waals surface area contributed by atoms with Crippen molar-refractivity contribution in [1.82, 2.24) is 9.97 Å². The Balaban J connectivity index is 1.66. The van der Waals surface area contributed by atoms with Crippen LogP contribution in [0.2, 0.25) is 0 Å². The Hall–Kier alpha value is -2.30. The molecular weight excluding hydrogens is 298 g/mol. The first-order chi connectivity index (χ1) is 11.7. The molecule has 2 aromatic rings. The van der Waals surface area contributed by atoms with Crippen molar-refractivity contribution < 1.29 is 0 Å². The molecule has 1 aromatic heterocycles. The zero-order valence-electron chi connectivity index (χ0n) is 14.7. The van der Waals surface area contributed by atoms with Crippen LogP contribution >= 0.6 is 0 Å². The van der Waals surface area contributed by atoms with E-state index in [0.29, 0.717) is 5.95 Å². The second kappa shape index (κ2) is 7.99. The molecule has 1 aliphatic rings. The lowest BCUT2D eigenvalue weighted by molar-refractivity contribution is 0.830. The van der Waals surface area contributed by atoms with Crippen molar-refractivity contribution in [2.24, 2.45) is 0 Å². The molecule has 5 heteroatoms. The van der Waals surface area contributed by atoms with Crippen molar-refractivity contribution in [3.63, 3.8) is 0 Å². The van der Waals surface area contributed by atoms with Crippen LogP contribution in [0.15, 0.2) is 30.3 Å². The zero-order valence-corrected chi connectivity index (χ0v) is 14.7. The zero-order chi connectivity index (χ0) is 16.8. The minimum atomic E-state index is 0.642. The molecule has 1 fully saturated rings. The molecule has 1 aliphatic heterocycles. The van der Waals surface area contributed by atoms with Crippen LogP contribution in [0.25, 0.3) is 0 Å². The van der Waals surface area contributed by atoms with Gasteiger partial charge in [0.05, 0.1) is 0 Å². The Kier molecular flexibility index (Phi) is 5.51. The maximum Gasteiger partial charge on any atom is 0.229 e. The molecule has 0 radical (unpaired) electrons. The van der Waals surface area contributed by atoms with Crippen LogP contribution < -0.4 is 15.5 Å². The van der Waals surface area contributed by atoms with Crippen molar-refractivity contribution in [2.45, 2.75) is 39.5 Å². The van der Waals surface area contributed by atoms with Gasteiger partial charge in [0, 0.05) is 42.8 Å². The third-order valence-electron chi connectivity index (χ3n) is 4.29. The number of anilines is 4. The summed E-state index contributed by atoms with van der Waals surface area (Å²) in [6.07, 6.45) is 4.91. The highest BCUT2D eigenvalue weighted by atomic mass is 15.2. The average Bonchev–Trinajstić information content (AvgIpc) is 3.10. The maximum absolute atomic E-state index is 4.56. The standard InChI is InChI=1S/C19H27N5/c1-3-4-11-20-18-14-15(2)21-19(23-18)22-16-7-9-17(10-8-16)24-12-5-6-13-24/h7-10,14H,3-6,11-13H2,1-2H3,(H2,20,21,22,23). The highest BCUT2D eigenvalue weighted by Gasteiger charge is 2.12. The Labute approximate surface area is 144 Å². The molecule has 0 spiro atoms. The van der Waals surface area contributed by atoms with Gasteiger partial charge in [0.2, 0.25) is 5.95 Å². The van der Waals surface area contributed by atoms with Crippen molar-refractivity contribution in [2.75, 3.05) is 35.2 Å². The molecule has 24 heavy (non-hydrogen) atoms. The summed E-state index contributed by atoms with van der Waals surface area (Å²) in [7, 11) is 0. The second-order valence-corrected chi connectivity index (χ2v) is 6.36. The summed E-state index contributed by atoms with van der Waals surface area (Å²) in [6.45, 7) is 7.46. The van der Waals surface area contributed by atoms with Gasteiger partial charge in [0.15, 0.2) is 0 Å². The van der Waals surface area contributed by atoms with E-state index in [9.17, 15) is 0 Å². The van der Waals surface area contributed by atoms with Crippen molar-refractivity contribution in [1.29, 1.82) is 0 Å². The molecule has 0 unspecified atom stereocenters. The Morgan fingerprint density at radius 3 is 2.54 bits per heavy atom. The van der Waals surface area contributed by atoms with Gasteiger partial charge in [0.25, 0.3) is 0 Å². The molecule has 5 nitrogen and oxygen atoms in total. The Bertz CT molecular complexity index is 647. The van der Waals surface area contributed by atoms with Crippen LogP contribution in [-0.2, 0) is 0 Å². The van der Waals surface area contributed by atoms with Crippen LogP contribution in [0.3, 0.4) is 0 Å². The van der Waals surface area contributed by atoms with Crippen molar-refractivity contribution in [3.8, 4) is 0 Å². The molecule has 0 atom stereocenters. The molecule has 1 aromatic carbocycles. The Morgan fingerprint density at radius 1 is 1.08 bits per heavy atom. The summed E-state index contributed by atoms with van der Waals surface area (Å²) in [6, 6.07) is 10.5. The van der Waals surface area contributed by atoms with Crippen LogP contribution in [0.4, 0.5) is 23.1 Å². The first-order valence-corrected chi connectivity index (χ1v) is 8.96. The number of hydrogen-bond donors (Lipinski definition) is 2. The van der Waals surface area contributed by atoms with Crippen LogP contribution in [-0.4, -0.2) is 29.6 Å². The maximum atomic E-state index is 4.56. The van der Waals surface area contributed by atoms with E-state index >= 15 is 0 Å². The molecule has 128 valence electrons. The molecule has 0 aliphatic carbocycles. The molecule has 1 saturated heterocycles. The number of rotatable bonds is 7. The quantitative estimate of drug-likeness (QED) is 0.742. The molecular formula is C19H27N5. The normalized spacial score (nSPS) is 14.0. The fraction of sp³-hybridized carbons (Fsp3) is 0.474. The number of unbranched alkanes of at least 4 members (excludes halogenated alkanes) is 1. The van der Waals surface area contributed by atoms with E-state index < -0.39 is 0 Å². The van der Waals surface area contributed by atoms with E-state index in [0.717, 1.165) is 30.2 Å². The third kappa shape index (κ3) is 4.37. The molecule has 0 amide bonds. The van der Waals surface area contributed by atoms with Gasteiger partial charge in [-0.05, 0) is 50.5 Å². The summed E-state index contributed by atoms with van der Waals surface area (Å²) >= 11 is 0. The first kappa shape index (κ1) is 16.6. The monoisotopic (exact) mass is 325 g/mol. The number of nitrogens with one attached hydrogen (secondary N) is 2. The van der Waals surface area contributed by atoms with Gasteiger partial charge in [-0.15, -0.1) is 0 Å². The average molecular weight is 325 g/mol. The summed E-state index contributed by atoms with van der Waals surface area (Å²) in [4.78, 5) is 11.5. The summed E-state index contributed by atoms with van der Waals surface area (Å²) in [5.74, 6) is 1.52. The molecule has 0 saturated carbocycles. The van der Waals surface area contributed by atoms with Crippen molar-refractivity contribution in [3.05, 3.63) is 36.0 Å². The summed E-state index contributed by atoms with van der Waals surface area (Å²) in [5.41, 5.74) is 3.27. The van der Waals surface area contributed by atoms with Gasteiger partial charge >= 0.3 is 0 Å². The van der Waals surface area contributed by atoms with Gasteiger partial charge in [-0.25, -0.2) is 4.98 Å². The van der Waals surface area contributed by atoms with Gasteiger partial charge in [-0.3, -0.25) is 0 Å². The van der Waals surface area contributed by atoms with Crippen LogP contribution in [0.5, 0.6) is 0 Å². The number of nitrogens with zero attached hydrogens (tertiary/aromatic N) is 3. The number of aryl methyl sites for hydroxylation is 1. The lowest BCUT2D eigenvalue weighted by atomic mass is 10.2. The minimum Gasteiger partial charge on any atom is -0.372 e. The molecule has 3 rings (SSSR count). The predicted molar refractivity (Wildman–Crippen MR) is 101 cm³/mol. The molecule has 0 bridgehead atoms. The molecule has 2 heterocycles. The third-order valence-corrected chi connectivity index (χ3v) is 4.29. The fourth-order valence-corrected chi connectivity index (χ4v) is 2.97. The van der Waals surface area contributed by atoms with Gasteiger partial charge < -0.3 is 15.5 Å². The highest BCUT2D eigenvalue weighted by Crippen LogP contribution is 2.23. The van der Waals surface area contributed by atoms with E-state index in [1.165, 1.54) is 38.0 Å². The van der Waals surface area contributed by atoms with Gasteiger partial charge in [-0.2, -0.15) is 4.98 Å². The second-order valence-electron chi connectivity index (χ2n) is 6.36. The number of benzene rings is 1. The smallest absolute Gasteiger partial charge is 0.229 e. The lowest BCUT2D eigenvalue weighted by Crippen LogP contribution is -2.17. The highest BCUT2D eigenvalue weighted by molar-refractivity contribution is 5.60. The van der Waals surface area contributed by atoms with E-state index in [2.05, 4.69) is 56.7 Å². The number of aromatic nitrogens is 2. The van der Waals surface area contributed by atoms with E-state index in [4.69, 9.17) is 0 Å². The lowest BCUT2D eigenvalue weighted by Gasteiger charge is -2.18. The van der Waals surface area contributed by atoms with Crippen LogP contribution in [0, 0.1) is 6.92 Å². The number of hydrogen-bond acceptors (Lipinski definition) is 5. The predicted octanol–water partition coefficient (Wildman–Crippen LogP) is 4.34. The SMILES string of the molecule is CCCCNc1cc(C)nc(Nc2ccc(N3CCCC3)cc2)n1. The fourth-order valence-electron chi connectivity index (χ4n) is 2.97. The van der Waals surface area contributed by atoms with Gasteiger partial charge in [0.1, 0.15) is 5.82 Å². The summed E-state index contributed by atoms with van der Waals surface area (Å²) in [5, 5.41) is 6.67.